The van der Waals surface area contributed by atoms with Crippen LogP contribution >= 0.6 is 0 Å². The van der Waals surface area contributed by atoms with Crippen LogP contribution in [-0.4, -0.2) is 14.2 Å². The van der Waals surface area contributed by atoms with Gasteiger partial charge >= 0.3 is 0 Å². The van der Waals surface area contributed by atoms with Crippen LogP contribution in [0, 0.1) is 0 Å². The highest BCUT2D eigenvalue weighted by molar-refractivity contribution is 5.31. The van der Waals surface area contributed by atoms with Crippen molar-refractivity contribution in [2.75, 3.05) is 14.2 Å². The molecule has 0 atom stereocenters. The number of hydrogen-bond acceptors (Lipinski definition) is 2. The average molecular weight is 169 g/mol. The summed E-state index contributed by atoms with van der Waals surface area (Å²) in [5, 5.41) is 2.92. The molecule has 0 unspecified atom stereocenters. The first-order valence-electron chi connectivity index (χ1n) is 3.76. The molecule has 2 nitrogen and oxygen atoms in total. The van der Waals surface area contributed by atoms with Crippen LogP contribution in [0.2, 0.25) is 0 Å². The van der Waals surface area contributed by atoms with E-state index in [2.05, 4.69) is 5.32 Å². The van der Waals surface area contributed by atoms with Crippen molar-refractivity contribution in [3.05, 3.63) is 35.5 Å². The zero-order chi connectivity index (χ0) is 8.97. The highest BCUT2D eigenvalue weighted by Gasteiger charge is 2.06. The lowest BCUT2D eigenvalue weighted by molar-refractivity contribution is 0.289. The second-order valence-electron chi connectivity index (χ2n) is 2.43. The lowest BCUT2D eigenvalue weighted by Gasteiger charge is -2.02. The maximum absolute atomic E-state index is 13.0. The Kier molecular flexibility index (Phi) is 2.91. The summed E-state index contributed by atoms with van der Waals surface area (Å²) in [5.74, 6) is 0.0587. The highest BCUT2D eigenvalue weighted by atomic mass is 19.1. The van der Waals surface area contributed by atoms with Gasteiger partial charge in [0, 0.05) is 25.2 Å². The van der Waals surface area contributed by atoms with Crippen LogP contribution in [0.5, 0.6) is 0 Å². The molecule has 1 rings (SSSR count). The number of rotatable bonds is 2. The fourth-order valence-corrected chi connectivity index (χ4v) is 0.983. The normalized spacial score (nSPS) is 17.1. The van der Waals surface area contributed by atoms with Gasteiger partial charge in [0.2, 0.25) is 0 Å². The topological polar surface area (TPSA) is 21.3 Å². The van der Waals surface area contributed by atoms with Crippen LogP contribution in [-0.2, 0) is 4.74 Å². The number of nitrogens with one attached hydrogen (secondary N) is 1. The van der Waals surface area contributed by atoms with Crippen molar-refractivity contribution < 1.29 is 9.13 Å². The standard InChI is InChI=1S/C9H12FNO/c1-11-7-4-3-5-8(10)9(6-7)12-2/h3-4,6,11H,5H2,1-2H3. The molecule has 0 amide bonds. The van der Waals surface area contributed by atoms with E-state index >= 15 is 0 Å². The second kappa shape index (κ2) is 3.95. The third-order valence-electron chi connectivity index (χ3n) is 1.66. The van der Waals surface area contributed by atoms with Crippen molar-refractivity contribution in [3.63, 3.8) is 0 Å². The third-order valence-corrected chi connectivity index (χ3v) is 1.66. The Morgan fingerprint density at radius 1 is 1.58 bits per heavy atom. The van der Waals surface area contributed by atoms with Gasteiger partial charge < -0.3 is 10.1 Å². The van der Waals surface area contributed by atoms with Gasteiger partial charge in [0.05, 0.1) is 7.11 Å². The quantitative estimate of drug-likeness (QED) is 0.681. The predicted octanol–water partition coefficient (Wildman–Crippen LogP) is 1.88. The number of allylic oxidation sites excluding steroid dienone is 4. The number of likely N-dealkylation sites (N-methyl/N-ethyl adjacent to an activating group) is 1. The molecule has 0 saturated carbocycles. The minimum atomic E-state index is -0.237. The molecule has 66 valence electrons. The molecule has 0 saturated heterocycles. The van der Waals surface area contributed by atoms with Gasteiger partial charge in [-0.25, -0.2) is 4.39 Å². The molecule has 0 spiro atoms. The van der Waals surface area contributed by atoms with Gasteiger partial charge in [-0.3, -0.25) is 0 Å². The summed E-state index contributed by atoms with van der Waals surface area (Å²) in [7, 11) is 3.25. The third kappa shape index (κ3) is 1.87. The number of halogens is 1. The largest absolute Gasteiger partial charge is 0.494 e. The molecule has 0 aromatic heterocycles. The van der Waals surface area contributed by atoms with Crippen LogP contribution in [0.4, 0.5) is 4.39 Å². The summed E-state index contributed by atoms with van der Waals surface area (Å²) < 4.78 is 17.9. The maximum atomic E-state index is 13.0. The van der Waals surface area contributed by atoms with Gasteiger partial charge in [0.15, 0.2) is 5.76 Å². The second-order valence-corrected chi connectivity index (χ2v) is 2.43. The fourth-order valence-electron chi connectivity index (χ4n) is 0.983. The van der Waals surface area contributed by atoms with Crippen molar-refractivity contribution in [2.45, 2.75) is 6.42 Å². The monoisotopic (exact) mass is 169 g/mol. The minimum Gasteiger partial charge on any atom is -0.494 e. The van der Waals surface area contributed by atoms with Gasteiger partial charge in [-0.1, -0.05) is 6.08 Å². The Labute approximate surface area is 71.4 Å². The molecule has 1 N–H and O–H groups in total. The number of methoxy groups -OCH3 is 1. The van der Waals surface area contributed by atoms with Crippen LogP contribution in [0.25, 0.3) is 0 Å². The molecule has 0 bridgehead atoms. The Balaban J connectivity index is 2.93. The Hall–Kier alpha value is -1.25. The first-order valence-corrected chi connectivity index (χ1v) is 3.76. The van der Waals surface area contributed by atoms with Crippen LogP contribution in [0.3, 0.4) is 0 Å². The van der Waals surface area contributed by atoms with E-state index in [4.69, 9.17) is 4.74 Å². The Morgan fingerprint density at radius 2 is 2.33 bits per heavy atom. The van der Waals surface area contributed by atoms with E-state index in [0.29, 0.717) is 12.2 Å². The lowest BCUT2D eigenvalue weighted by atomic mass is 10.3. The van der Waals surface area contributed by atoms with E-state index in [9.17, 15) is 4.39 Å². The molecule has 0 heterocycles. The SMILES string of the molecule is CNC1=CC(OC)=C(F)CC=C1. The number of hydrogen-bond donors (Lipinski definition) is 1. The van der Waals surface area contributed by atoms with E-state index in [1.165, 1.54) is 7.11 Å². The van der Waals surface area contributed by atoms with E-state index in [1.807, 2.05) is 6.08 Å². The zero-order valence-electron chi connectivity index (χ0n) is 7.23. The van der Waals surface area contributed by atoms with Crippen molar-refractivity contribution in [1.82, 2.24) is 5.32 Å². The van der Waals surface area contributed by atoms with Gasteiger partial charge in [-0.2, -0.15) is 0 Å². The fraction of sp³-hybridized carbons (Fsp3) is 0.333. The van der Waals surface area contributed by atoms with Crippen molar-refractivity contribution in [3.8, 4) is 0 Å². The van der Waals surface area contributed by atoms with Crippen molar-refractivity contribution in [2.24, 2.45) is 0 Å². The van der Waals surface area contributed by atoms with Crippen molar-refractivity contribution >= 4 is 0 Å². The summed E-state index contributed by atoms with van der Waals surface area (Å²) in [4.78, 5) is 0. The molecular formula is C9H12FNO. The van der Waals surface area contributed by atoms with Gasteiger partial charge in [0.1, 0.15) is 5.83 Å². The molecule has 0 aromatic rings. The molecular weight excluding hydrogens is 157 g/mol. The summed E-state index contributed by atoms with van der Waals surface area (Å²) >= 11 is 0. The van der Waals surface area contributed by atoms with Gasteiger partial charge in [-0.15, -0.1) is 0 Å². The molecule has 1 aliphatic carbocycles. The molecule has 3 heteroatoms. The van der Waals surface area contributed by atoms with E-state index in [1.54, 1.807) is 19.2 Å². The van der Waals surface area contributed by atoms with Gasteiger partial charge in [-0.05, 0) is 6.08 Å². The van der Waals surface area contributed by atoms with Gasteiger partial charge in [0.25, 0.3) is 0 Å². The summed E-state index contributed by atoms with van der Waals surface area (Å²) in [6, 6.07) is 0. The first kappa shape index (κ1) is 8.84. The number of ether oxygens (including phenoxy) is 1. The molecule has 0 aromatic carbocycles. The minimum absolute atomic E-state index is 0.237. The zero-order valence-corrected chi connectivity index (χ0v) is 7.23. The van der Waals surface area contributed by atoms with Crippen LogP contribution in [0.15, 0.2) is 35.5 Å². The molecule has 0 radical (unpaired) electrons. The van der Waals surface area contributed by atoms with E-state index < -0.39 is 0 Å². The summed E-state index contributed by atoms with van der Waals surface area (Å²) in [6.45, 7) is 0. The first-order chi connectivity index (χ1) is 5.77. The van der Waals surface area contributed by atoms with E-state index in [-0.39, 0.29) is 5.83 Å². The smallest absolute Gasteiger partial charge is 0.152 e. The Morgan fingerprint density at radius 3 is 2.92 bits per heavy atom. The maximum Gasteiger partial charge on any atom is 0.152 e. The molecule has 12 heavy (non-hydrogen) atoms. The lowest BCUT2D eigenvalue weighted by Crippen LogP contribution is -2.03. The average Bonchev–Trinajstić information content (AvgIpc) is 2.27. The Bertz CT molecular complexity index is 253. The van der Waals surface area contributed by atoms with Crippen LogP contribution < -0.4 is 5.32 Å². The highest BCUT2D eigenvalue weighted by Crippen LogP contribution is 2.18. The van der Waals surface area contributed by atoms with Crippen molar-refractivity contribution in [1.29, 1.82) is 0 Å². The predicted molar refractivity (Wildman–Crippen MR) is 46.0 cm³/mol. The molecule has 0 aliphatic heterocycles. The summed E-state index contributed by atoms with van der Waals surface area (Å²) in [5.41, 5.74) is 0.847. The van der Waals surface area contributed by atoms with E-state index in [0.717, 1.165) is 5.70 Å². The summed E-state index contributed by atoms with van der Waals surface area (Å²) in [6.07, 6.45) is 5.51. The molecule has 0 fully saturated rings. The molecule has 1 aliphatic rings. The van der Waals surface area contributed by atoms with Crippen LogP contribution in [0.1, 0.15) is 6.42 Å².